The first kappa shape index (κ1) is 15.0. The van der Waals surface area contributed by atoms with Crippen LogP contribution in [0.2, 0.25) is 0 Å². The van der Waals surface area contributed by atoms with E-state index < -0.39 is 0 Å². The Hall–Kier alpha value is -2.60. The van der Waals surface area contributed by atoms with Gasteiger partial charge in [0.25, 0.3) is 5.91 Å². The molecule has 0 bridgehead atoms. The minimum absolute atomic E-state index is 0.00385. The van der Waals surface area contributed by atoms with Crippen molar-refractivity contribution >= 4 is 16.8 Å². The van der Waals surface area contributed by atoms with Gasteiger partial charge in [-0.3, -0.25) is 9.89 Å². The molecule has 0 atom stereocenters. The molecule has 2 aromatic heterocycles. The zero-order chi connectivity index (χ0) is 16.4. The molecule has 4 N–H and O–H groups in total. The van der Waals surface area contributed by atoms with Gasteiger partial charge in [-0.15, -0.1) is 0 Å². The van der Waals surface area contributed by atoms with Gasteiger partial charge in [0.1, 0.15) is 0 Å². The van der Waals surface area contributed by atoms with E-state index in [2.05, 4.69) is 25.8 Å². The lowest BCUT2D eigenvalue weighted by Crippen LogP contribution is -2.35. The number of benzene rings is 1. The van der Waals surface area contributed by atoms with Crippen molar-refractivity contribution in [2.45, 2.75) is 12.8 Å². The molecule has 6 nitrogen and oxygen atoms in total. The van der Waals surface area contributed by atoms with Crippen LogP contribution in [-0.4, -0.2) is 40.7 Å². The summed E-state index contributed by atoms with van der Waals surface area (Å²) in [5, 5.41) is 14.2. The van der Waals surface area contributed by atoms with Gasteiger partial charge in [0.05, 0.1) is 11.8 Å². The van der Waals surface area contributed by atoms with E-state index in [0.29, 0.717) is 11.5 Å². The van der Waals surface area contributed by atoms with E-state index in [9.17, 15) is 4.79 Å². The second-order valence-electron chi connectivity index (χ2n) is 6.35. The lowest BCUT2D eigenvalue weighted by atomic mass is 9.98. The van der Waals surface area contributed by atoms with Gasteiger partial charge in [0, 0.05) is 35.4 Å². The third-order valence-electron chi connectivity index (χ3n) is 4.77. The number of H-pyrrole nitrogens is 2. The van der Waals surface area contributed by atoms with Gasteiger partial charge >= 0.3 is 0 Å². The quantitative estimate of drug-likeness (QED) is 0.594. The number of carbonyl (C=O) groups is 1. The molecule has 6 heteroatoms. The number of piperidine rings is 1. The summed E-state index contributed by atoms with van der Waals surface area (Å²) in [6.45, 7) is 2.84. The molecule has 124 valence electrons. The van der Waals surface area contributed by atoms with Gasteiger partial charge < -0.3 is 15.6 Å². The second-order valence-corrected chi connectivity index (χ2v) is 6.35. The maximum absolute atomic E-state index is 12.5. The number of aromatic nitrogens is 3. The summed E-state index contributed by atoms with van der Waals surface area (Å²) in [4.78, 5) is 15.7. The van der Waals surface area contributed by atoms with Crippen LogP contribution in [0.4, 0.5) is 0 Å². The van der Waals surface area contributed by atoms with Crippen LogP contribution < -0.4 is 10.6 Å². The average Bonchev–Trinajstić information content (AvgIpc) is 3.29. The summed E-state index contributed by atoms with van der Waals surface area (Å²) >= 11 is 0. The number of fused-ring (bicyclic) bond motifs is 1. The molecule has 4 rings (SSSR count). The number of nitrogens with one attached hydrogen (secondary N) is 4. The Bertz CT molecular complexity index is 830. The van der Waals surface area contributed by atoms with E-state index in [4.69, 9.17) is 0 Å². The number of carbonyl (C=O) groups excluding carboxylic acids is 1. The van der Waals surface area contributed by atoms with Crippen molar-refractivity contribution in [2.24, 2.45) is 5.92 Å². The number of hydrogen-bond acceptors (Lipinski definition) is 3. The molecule has 3 aromatic rings. The molecule has 0 radical (unpaired) electrons. The number of rotatable bonds is 4. The predicted octanol–water partition coefficient (Wildman–Crippen LogP) is 2.29. The Kier molecular flexibility index (Phi) is 4.04. The first-order valence-electron chi connectivity index (χ1n) is 8.40. The molecule has 0 saturated carbocycles. The number of nitrogens with zero attached hydrogens (tertiary/aromatic N) is 1. The lowest BCUT2D eigenvalue weighted by Gasteiger charge is -2.22. The molecular formula is C18H21N5O. The van der Waals surface area contributed by atoms with Gasteiger partial charge in [-0.1, -0.05) is 12.1 Å². The first-order chi connectivity index (χ1) is 11.8. The van der Waals surface area contributed by atoms with Crippen LogP contribution in [0.15, 0.2) is 36.8 Å². The summed E-state index contributed by atoms with van der Waals surface area (Å²) in [7, 11) is 0. The zero-order valence-corrected chi connectivity index (χ0v) is 13.4. The van der Waals surface area contributed by atoms with E-state index >= 15 is 0 Å². The molecular weight excluding hydrogens is 302 g/mol. The lowest BCUT2D eigenvalue weighted by molar-refractivity contribution is 0.0946. The molecule has 1 aliphatic heterocycles. The van der Waals surface area contributed by atoms with Crippen molar-refractivity contribution in [2.75, 3.05) is 19.6 Å². The third-order valence-corrected chi connectivity index (χ3v) is 4.77. The van der Waals surface area contributed by atoms with Gasteiger partial charge in [-0.05, 0) is 43.5 Å². The Balaban J connectivity index is 1.50. The summed E-state index contributed by atoms with van der Waals surface area (Å²) < 4.78 is 0. The first-order valence-corrected chi connectivity index (χ1v) is 8.40. The molecule has 1 amide bonds. The monoisotopic (exact) mass is 323 g/mol. The molecule has 1 aromatic carbocycles. The maximum Gasteiger partial charge on any atom is 0.253 e. The molecule has 24 heavy (non-hydrogen) atoms. The van der Waals surface area contributed by atoms with Gasteiger partial charge in [0.15, 0.2) is 0 Å². The summed E-state index contributed by atoms with van der Waals surface area (Å²) in [5.41, 5.74) is 3.77. The summed E-state index contributed by atoms with van der Waals surface area (Å²) in [6, 6.07) is 6.06. The van der Waals surface area contributed by atoms with E-state index in [0.717, 1.165) is 54.5 Å². The van der Waals surface area contributed by atoms with Crippen LogP contribution >= 0.6 is 0 Å². The van der Waals surface area contributed by atoms with E-state index in [1.807, 2.05) is 24.4 Å². The van der Waals surface area contributed by atoms with Crippen molar-refractivity contribution in [3.63, 3.8) is 0 Å². The summed E-state index contributed by atoms with van der Waals surface area (Å²) in [5.74, 6) is 0.573. The van der Waals surface area contributed by atoms with E-state index in [-0.39, 0.29) is 5.91 Å². The van der Waals surface area contributed by atoms with Crippen LogP contribution in [0, 0.1) is 5.92 Å². The normalized spacial score (nSPS) is 15.7. The van der Waals surface area contributed by atoms with E-state index in [1.54, 1.807) is 12.4 Å². The van der Waals surface area contributed by atoms with Crippen molar-refractivity contribution in [3.8, 4) is 11.1 Å². The van der Waals surface area contributed by atoms with Crippen molar-refractivity contribution in [1.29, 1.82) is 0 Å². The Labute approximate surface area is 140 Å². The fourth-order valence-electron chi connectivity index (χ4n) is 3.32. The largest absolute Gasteiger partial charge is 0.360 e. The zero-order valence-electron chi connectivity index (χ0n) is 13.4. The van der Waals surface area contributed by atoms with Crippen LogP contribution in [0.3, 0.4) is 0 Å². The van der Waals surface area contributed by atoms with Crippen molar-refractivity contribution < 1.29 is 4.79 Å². The molecule has 0 spiro atoms. The summed E-state index contributed by atoms with van der Waals surface area (Å²) in [6.07, 6.45) is 7.69. The highest BCUT2D eigenvalue weighted by Crippen LogP contribution is 2.25. The number of amides is 1. The highest BCUT2D eigenvalue weighted by molar-refractivity contribution is 6.07. The predicted molar refractivity (Wildman–Crippen MR) is 93.8 cm³/mol. The van der Waals surface area contributed by atoms with Crippen molar-refractivity contribution in [3.05, 3.63) is 42.4 Å². The highest BCUT2D eigenvalue weighted by Gasteiger charge is 2.16. The van der Waals surface area contributed by atoms with Crippen molar-refractivity contribution in [1.82, 2.24) is 25.8 Å². The van der Waals surface area contributed by atoms with Gasteiger partial charge in [-0.25, -0.2) is 0 Å². The smallest absolute Gasteiger partial charge is 0.253 e. The number of aromatic amines is 2. The Morgan fingerprint density at radius 1 is 1.21 bits per heavy atom. The van der Waals surface area contributed by atoms with Gasteiger partial charge in [0.2, 0.25) is 0 Å². The molecule has 1 fully saturated rings. The molecule has 1 aliphatic rings. The fourth-order valence-corrected chi connectivity index (χ4v) is 3.32. The topological polar surface area (TPSA) is 85.6 Å². The SMILES string of the molecule is O=C(NCC1CCNCC1)c1c[nH]c2cc(-c3cn[nH]c3)ccc12. The molecule has 0 aliphatic carbocycles. The number of hydrogen-bond donors (Lipinski definition) is 4. The highest BCUT2D eigenvalue weighted by atomic mass is 16.1. The van der Waals surface area contributed by atoms with Crippen LogP contribution in [0.25, 0.3) is 22.0 Å². The second kappa shape index (κ2) is 6.49. The van der Waals surface area contributed by atoms with Gasteiger partial charge in [-0.2, -0.15) is 5.10 Å². The van der Waals surface area contributed by atoms with Crippen LogP contribution in [0.5, 0.6) is 0 Å². The van der Waals surface area contributed by atoms with E-state index in [1.165, 1.54) is 0 Å². The average molecular weight is 323 g/mol. The minimum Gasteiger partial charge on any atom is -0.360 e. The Morgan fingerprint density at radius 2 is 2.08 bits per heavy atom. The molecule has 1 saturated heterocycles. The van der Waals surface area contributed by atoms with Crippen LogP contribution in [0.1, 0.15) is 23.2 Å². The molecule has 3 heterocycles. The molecule has 0 unspecified atom stereocenters. The standard InChI is InChI=1S/C18H21N5O/c24-18(21-8-12-3-5-19-6-4-12)16-11-20-17-7-13(1-2-15(16)17)14-9-22-23-10-14/h1-2,7,9-12,19-20H,3-6,8H2,(H,21,24)(H,22,23). The third kappa shape index (κ3) is 2.92. The maximum atomic E-state index is 12.5. The fraction of sp³-hybridized carbons (Fsp3) is 0.333. The van der Waals surface area contributed by atoms with Crippen LogP contribution in [-0.2, 0) is 0 Å². The Morgan fingerprint density at radius 3 is 2.88 bits per heavy atom. The minimum atomic E-state index is -0.00385.